The van der Waals surface area contributed by atoms with E-state index in [4.69, 9.17) is 9.47 Å². The Bertz CT molecular complexity index is 1180. The van der Waals surface area contributed by atoms with Gasteiger partial charge in [-0.1, -0.05) is 62.9 Å². The highest BCUT2D eigenvalue weighted by molar-refractivity contribution is 5.91. The lowest BCUT2D eigenvalue weighted by molar-refractivity contribution is -0.175. The van der Waals surface area contributed by atoms with Gasteiger partial charge >= 0.3 is 5.97 Å². The zero-order valence-electron chi connectivity index (χ0n) is 22.3. The lowest BCUT2D eigenvalue weighted by atomic mass is 9.51. The van der Waals surface area contributed by atoms with Gasteiger partial charge in [0.2, 0.25) is 5.91 Å². The van der Waals surface area contributed by atoms with Crippen LogP contribution in [-0.2, 0) is 30.3 Å². The first-order valence-electron chi connectivity index (χ1n) is 13.4. The van der Waals surface area contributed by atoms with Crippen molar-refractivity contribution in [3.05, 3.63) is 60.2 Å². The number of carbonyl (C=O) groups is 3. The summed E-state index contributed by atoms with van der Waals surface area (Å²) in [6.45, 7) is 10.6. The number of ketones is 1. The van der Waals surface area contributed by atoms with Crippen molar-refractivity contribution in [3.8, 4) is 0 Å². The molecule has 1 aromatic rings. The van der Waals surface area contributed by atoms with E-state index in [0.29, 0.717) is 18.4 Å². The van der Waals surface area contributed by atoms with Crippen molar-refractivity contribution in [1.29, 1.82) is 0 Å². The average molecular weight is 524 g/mol. The highest BCUT2D eigenvalue weighted by Crippen LogP contribution is 2.61. The lowest BCUT2D eigenvalue weighted by Crippen LogP contribution is -2.62. The second-order valence-electron chi connectivity index (χ2n) is 11.7. The smallest absolute Gasteiger partial charge is 0.303 e. The number of hydrogen-bond donors (Lipinski definition) is 3. The third-order valence-corrected chi connectivity index (χ3v) is 9.31. The maximum Gasteiger partial charge on any atom is 0.303 e. The van der Waals surface area contributed by atoms with Crippen molar-refractivity contribution in [1.82, 2.24) is 5.32 Å². The second-order valence-corrected chi connectivity index (χ2v) is 11.7. The molecule has 0 unspecified atom stereocenters. The van der Waals surface area contributed by atoms with E-state index in [1.165, 1.54) is 13.8 Å². The summed E-state index contributed by atoms with van der Waals surface area (Å²) in [5.74, 6) is -3.34. The molecule has 1 saturated carbocycles. The lowest BCUT2D eigenvalue weighted by Gasteiger charge is -2.52. The van der Waals surface area contributed by atoms with Crippen molar-refractivity contribution in [3.63, 3.8) is 0 Å². The number of aliphatic hydroxyl groups excluding tert-OH is 1. The Morgan fingerprint density at radius 3 is 2.58 bits per heavy atom. The Hall–Kier alpha value is -2.81. The fraction of sp³-hybridized carbons (Fsp3) is 0.567. The number of benzene rings is 1. The van der Waals surface area contributed by atoms with Crippen LogP contribution in [0.5, 0.6) is 0 Å². The van der Waals surface area contributed by atoms with Gasteiger partial charge in [-0.2, -0.15) is 0 Å². The standard InChI is InChI=1S/C30H37NO7/c1-15-10-9-13-20-23(33)17(3)16(2)22-21(14-19-11-7-6-8-12-19)31-28(35)30(20,22)27(37-18(4)32)24-26(38-24)29(5,36)25(15)34/h6-9,11-13,15-16,20-24,26-27,33,36H,3,10,14H2,1-2,4-5H3,(H,31,35)/b13-9-/t15-,16+,20+,21-,22+,23+,24-,26+,27+,29-,30+/m0/s1. The molecule has 8 heteroatoms. The van der Waals surface area contributed by atoms with Gasteiger partial charge in [0, 0.05) is 30.7 Å². The van der Waals surface area contributed by atoms with Crippen molar-refractivity contribution in [2.75, 3.05) is 0 Å². The molecule has 4 aliphatic rings. The minimum Gasteiger partial charge on any atom is -0.458 e. The fourth-order valence-electron chi connectivity index (χ4n) is 7.41. The van der Waals surface area contributed by atoms with Crippen molar-refractivity contribution >= 4 is 17.7 Å². The van der Waals surface area contributed by atoms with Crippen LogP contribution in [0.1, 0.15) is 39.7 Å². The summed E-state index contributed by atoms with van der Waals surface area (Å²) < 4.78 is 11.9. The Balaban J connectivity index is 1.70. The van der Waals surface area contributed by atoms with Gasteiger partial charge in [-0.25, -0.2) is 0 Å². The summed E-state index contributed by atoms with van der Waals surface area (Å²) >= 11 is 0. The quantitative estimate of drug-likeness (QED) is 0.315. The van der Waals surface area contributed by atoms with Gasteiger partial charge in [0.05, 0.1) is 6.10 Å². The minimum absolute atomic E-state index is 0.302. The Labute approximate surface area is 223 Å². The molecule has 2 saturated heterocycles. The third-order valence-electron chi connectivity index (χ3n) is 9.31. The topological polar surface area (TPSA) is 125 Å². The van der Waals surface area contributed by atoms with E-state index < -0.39 is 59.2 Å². The number of nitrogens with one attached hydrogen (secondary N) is 1. The fourth-order valence-corrected chi connectivity index (χ4v) is 7.41. The van der Waals surface area contributed by atoms with E-state index in [9.17, 15) is 24.6 Å². The van der Waals surface area contributed by atoms with E-state index in [1.54, 1.807) is 19.1 Å². The van der Waals surface area contributed by atoms with Gasteiger partial charge in [0.15, 0.2) is 5.78 Å². The average Bonchev–Trinajstić information content (AvgIpc) is 3.62. The van der Waals surface area contributed by atoms with E-state index in [-0.39, 0.29) is 23.7 Å². The van der Waals surface area contributed by atoms with E-state index in [0.717, 1.165) is 5.56 Å². The van der Waals surface area contributed by atoms with Gasteiger partial charge in [-0.15, -0.1) is 0 Å². The third kappa shape index (κ3) is 3.96. The summed E-state index contributed by atoms with van der Waals surface area (Å²) in [6.07, 6.45) is 0.350. The summed E-state index contributed by atoms with van der Waals surface area (Å²) in [4.78, 5) is 40.0. The van der Waals surface area contributed by atoms with E-state index in [2.05, 4.69) is 11.9 Å². The van der Waals surface area contributed by atoms with Crippen LogP contribution in [0.3, 0.4) is 0 Å². The zero-order valence-corrected chi connectivity index (χ0v) is 22.3. The number of aliphatic hydroxyl groups is 2. The molecule has 2 aliphatic carbocycles. The van der Waals surface area contributed by atoms with Crippen LogP contribution in [0.4, 0.5) is 0 Å². The summed E-state index contributed by atoms with van der Waals surface area (Å²) in [5.41, 5.74) is -1.60. The molecule has 204 valence electrons. The normalized spacial score (nSPS) is 45.1. The molecule has 3 N–H and O–H groups in total. The van der Waals surface area contributed by atoms with Crippen molar-refractivity contribution in [2.45, 2.75) is 76.6 Å². The van der Waals surface area contributed by atoms with Crippen LogP contribution in [0, 0.1) is 29.1 Å². The van der Waals surface area contributed by atoms with Crippen molar-refractivity contribution < 1.29 is 34.1 Å². The van der Waals surface area contributed by atoms with Crippen molar-refractivity contribution in [2.24, 2.45) is 29.1 Å². The zero-order chi connectivity index (χ0) is 27.6. The molecular weight excluding hydrogens is 486 g/mol. The number of ether oxygens (including phenoxy) is 2. The minimum atomic E-state index is -1.83. The molecule has 0 aromatic heterocycles. The number of esters is 1. The monoisotopic (exact) mass is 523 g/mol. The number of fused-ring (bicyclic) bond motifs is 1. The molecule has 11 atom stereocenters. The molecule has 5 rings (SSSR count). The Kier molecular flexibility index (Phi) is 6.65. The Morgan fingerprint density at radius 2 is 1.92 bits per heavy atom. The van der Waals surface area contributed by atoms with Crippen LogP contribution in [0.2, 0.25) is 0 Å². The number of epoxide rings is 1. The highest BCUT2D eigenvalue weighted by Gasteiger charge is 2.74. The second kappa shape index (κ2) is 9.43. The number of hydrogen-bond acceptors (Lipinski definition) is 7. The molecule has 1 amide bonds. The molecule has 1 spiro atoms. The first-order valence-corrected chi connectivity index (χ1v) is 13.4. The summed E-state index contributed by atoms with van der Waals surface area (Å²) in [6, 6.07) is 9.48. The van der Waals surface area contributed by atoms with Gasteiger partial charge in [0.1, 0.15) is 29.3 Å². The number of carbonyl (C=O) groups excluding carboxylic acids is 3. The van der Waals surface area contributed by atoms with Crippen LogP contribution in [0.15, 0.2) is 54.6 Å². The van der Waals surface area contributed by atoms with Gasteiger partial charge in [-0.05, 0) is 36.8 Å². The van der Waals surface area contributed by atoms with Crippen LogP contribution >= 0.6 is 0 Å². The largest absolute Gasteiger partial charge is 0.458 e. The molecule has 38 heavy (non-hydrogen) atoms. The maximum atomic E-state index is 14.3. The van der Waals surface area contributed by atoms with Gasteiger partial charge in [-0.3, -0.25) is 14.4 Å². The number of rotatable bonds is 3. The molecule has 2 aliphatic heterocycles. The highest BCUT2D eigenvalue weighted by atomic mass is 16.6. The predicted octanol–water partition coefficient (Wildman–Crippen LogP) is 2.13. The molecule has 0 bridgehead atoms. The molecule has 8 nitrogen and oxygen atoms in total. The van der Waals surface area contributed by atoms with Gasteiger partial charge in [0.25, 0.3) is 0 Å². The maximum absolute atomic E-state index is 14.3. The first kappa shape index (κ1) is 26.8. The molecule has 1 aromatic carbocycles. The number of allylic oxidation sites excluding steroid dienone is 1. The van der Waals surface area contributed by atoms with E-state index in [1.807, 2.05) is 37.3 Å². The summed E-state index contributed by atoms with van der Waals surface area (Å²) in [5, 5.41) is 26.0. The van der Waals surface area contributed by atoms with Crippen LogP contribution in [-0.4, -0.2) is 63.9 Å². The van der Waals surface area contributed by atoms with Crippen LogP contribution in [0.25, 0.3) is 0 Å². The molecule has 2 heterocycles. The molecule has 0 radical (unpaired) electrons. The Morgan fingerprint density at radius 1 is 1.24 bits per heavy atom. The number of amides is 1. The summed E-state index contributed by atoms with van der Waals surface area (Å²) in [7, 11) is 0. The number of Topliss-reactive ketones (excluding diaryl/α,β-unsaturated/α-hetero) is 1. The van der Waals surface area contributed by atoms with Crippen LogP contribution < -0.4 is 5.32 Å². The molecular formula is C30H37NO7. The molecule has 3 fully saturated rings. The SMILES string of the molecule is C=C1[C@@H](C)[C@@H]2[C@H](Cc3ccccc3)NC(=O)[C@]23[C@H](/C=C\C[C@H](C)C(=O)[C@](C)(O)[C@@H]2O[C@@H]2[C@H]3OC(C)=O)[C@@H]1O. The van der Waals surface area contributed by atoms with Gasteiger partial charge < -0.3 is 25.0 Å². The van der Waals surface area contributed by atoms with E-state index >= 15 is 0 Å². The first-order chi connectivity index (χ1) is 17.9. The predicted molar refractivity (Wildman–Crippen MR) is 139 cm³/mol.